The van der Waals surface area contributed by atoms with Gasteiger partial charge in [-0.1, -0.05) is 31.2 Å². The summed E-state index contributed by atoms with van der Waals surface area (Å²) < 4.78 is 5.70. The van der Waals surface area contributed by atoms with Crippen molar-refractivity contribution in [1.82, 2.24) is 15.1 Å². The minimum Gasteiger partial charge on any atom is -0.381 e. The molecule has 1 spiro atoms. The normalized spacial score (nSPS) is 28.4. The van der Waals surface area contributed by atoms with Crippen LogP contribution in [0.15, 0.2) is 29.3 Å². The molecule has 1 aromatic rings. The van der Waals surface area contributed by atoms with E-state index in [1.807, 2.05) is 0 Å². The number of benzene rings is 1. The Bertz CT molecular complexity index is 698. The Balaban J connectivity index is 1.43. The highest BCUT2D eigenvalue weighted by molar-refractivity contribution is 5.80. The zero-order valence-corrected chi connectivity index (χ0v) is 18.3. The second-order valence-electron chi connectivity index (χ2n) is 9.40. The molecule has 0 aliphatic carbocycles. The lowest BCUT2D eigenvalue weighted by Crippen LogP contribution is -2.41. The molecule has 0 saturated carbocycles. The predicted molar refractivity (Wildman–Crippen MR) is 119 cm³/mol. The Labute approximate surface area is 176 Å². The van der Waals surface area contributed by atoms with Crippen molar-refractivity contribution in [2.75, 3.05) is 45.9 Å². The van der Waals surface area contributed by atoms with Gasteiger partial charge in [-0.05, 0) is 56.2 Å². The molecule has 3 heterocycles. The third-order valence-electron chi connectivity index (χ3n) is 6.91. The van der Waals surface area contributed by atoms with E-state index in [-0.39, 0.29) is 0 Å². The van der Waals surface area contributed by atoms with E-state index < -0.39 is 0 Å². The number of likely N-dealkylation sites (tertiary alicyclic amines) is 2. The van der Waals surface area contributed by atoms with E-state index in [4.69, 9.17) is 9.73 Å². The molecule has 29 heavy (non-hydrogen) atoms. The second-order valence-corrected chi connectivity index (χ2v) is 9.40. The minimum atomic E-state index is 0.360. The molecule has 3 fully saturated rings. The lowest BCUT2D eigenvalue weighted by molar-refractivity contribution is 0.156. The van der Waals surface area contributed by atoms with Gasteiger partial charge in [0.2, 0.25) is 0 Å². The fourth-order valence-corrected chi connectivity index (χ4v) is 5.21. The number of ether oxygens (including phenoxy) is 1. The molecular weight excluding hydrogens is 360 g/mol. The molecule has 0 aromatic heterocycles. The second kappa shape index (κ2) is 9.48. The SMILES string of the molecule is CCNC(=NCc1ccccc1CN1CCCC(C)C1)N1CCC2(CCOC2)C1. The highest BCUT2D eigenvalue weighted by atomic mass is 16.5. The van der Waals surface area contributed by atoms with Crippen molar-refractivity contribution in [3.8, 4) is 0 Å². The van der Waals surface area contributed by atoms with Crippen LogP contribution in [0, 0.1) is 11.3 Å². The van der Waals surface area contributed by atoms with Crippen molar-refractivity contribution in [3.63, 3.8) is 0 Å². The third kappa shape index (κ3) is 5.13. The van der Waals surface area contributed by atoms with Crippen molar-refractivity contribution in [2.45, 2.75) is 52.6 Å². The summed E-state index contributed by atoms with van der Waals surface area (Å²) in [5, 5.41) is 3.53. The third-order valence-corrected chi connectivity index (χ3v) is 6.91. The Morgan fingerprint density at radius 2 is 2.10 bits per heavy atom. The van der Waals surface area contributed by atoms with Crippen LogP contribution < -0.4 is 5.32 Å². The summed E-state index contributed by atoms with van der Waals surface area (Å²) in [6.45, 7) is 13.7. The molecule has 3 aliphatic rings. The van der Waals surface area contributed by atoms with Crippen LogP contribution in [0.1, 0.15) is 50.7 Å². The molecule has 160 valence electrons. The van der Waals surface area contributed by atoms with E-state index in [9.17, 15) is 0 Å². The first-order chi connectivity index (χ1) is 14.2. The van der Waals surface area contributed by atoms with Crippen LogP contribution in [0.2, 0.25) is 0 Å². The maximum absolute atomic E-state index is 5.70. The highest BCUT2D eigenvalue weighted by Crippen LogP contribution is 2.38. The monoisotopic (exact) mass is 398 g/mol. The number of guanidine groups is 1. The van der Waals surface area contributed by atoms with E-state index in [0.717, 1.165) is 57.8 Å². The molecule has 5 nitrogen and oxygen atoms in total. The summed E-state index contributed by atoms with van der Waals surface area (Å²) >= 11 is 0. The maximum Gasteiger partial charge on any atom is 0.194 e. The topological polar surface area (TPSA) is 40.1 Å². The van der Waals surface area contributed by atoms with Crippen LogP contribution in [0.5, 0.6) is 0 Å². The number of piperidine rings is 1. The standard InChI is InChI=1S/C24H38N4O/c1-3-25-23(28-13-10-24(18-28)11-14-29-19-24)26-15-21-8-4-5-9-22(21)17-27-12-6-7-20(2)16-27/h4-5,8-9,20H,3,6-7,10-19H2,1-2H3,(H,25,26). The van der Waals surface area contributed by atoms with E-state index in [1.54, 1.807) is 0 Å². The molecular formula is C24H38N4O. The molecule has 0 radical (unpaired) electrons. The van der Waals surface area contributed by atoms with Crippen molar-refractivity contribution in [1.29, 1.82) is 0 Å². The molecule has 3 saturated heterocycles. The van der Waals surface area contributed by atoms with Gasteiger partial charge in [-0.2, -0.15) is 0 Å². The molecule has 1 N–H and O–H groups in total. The lowest BCUT2D eigenvalue weighted by atomic mass is 9.87. The van der Waals surface area contributed by atoms with Gasteiger partial charge in [0.05, 0.1) is 13.2 Å². The Morgan fingerprint density at radius 1 is 1.24 bits per heavy atom. The molecule has 1 aromatic carbocycles. The highest BCUT2D eigenvalue weighted by Gasteiger charge is 2.42. The van der Waals surface area contributed by atoms with Gasteiger partial charge in [0.15, 0.2) is 5.96 Å². The van der Waals surface area contributed by atoms with Crippen LogP contribution in [0.25, 0.3) is 0 Å². The number of nitrogens with zero attached hydrogens (tertiary/aromatic N) is 3. The van der Waals surface area contributed by atoms with E-state index in [2.05, 4.69) is 53.2 Å². The molecule has 0 bridgehead atoms. The van der Waals surface area contributed by atoms with Crippen molar-refractivity contribution < 1.29 is 4.74 Å². The molecule has 2 atom stereocenters. The summed E-state index contributed by atoms with van der Waals surface area (Å²) in [4.78, 5) is 10.1. The van der Waals surface area contributed by atoms with E-state index in [0.29, 0.717) is 5.41 Å². The summed E-state index contributed by atoms with van der Waals surface area (Å²) in [6, 6.07) is 8.87. The van der Waals surface area contributed by atoms with E-state index >= 15 is 0 Å². The van der Waals surface area contributed by atoms with Crippen LogP contribution in [-0.2, 0) is 17.8 Å². The van der Waals surface area contributed by atoms with Gasteiger partial charge in [0, 0.05) is 44.7 Å². The van der Waals surface area contributed by atoms with Gasteiger partial charge >= 0.3 is 0 Å². The number of nitrogens with one attached hydrogen (secondary N) is 1. The quantitative estimate of drug-likeness (QED) is 0.609. The number of hydrogen-bond donors (Lipinski definition) is 1. The van der Waals surface area contributed by atoms with Crippen molar-refractivity contribution >= 4 is 5.96 Å². The van der Waals surface area contributed by atoms with E-state index in [1.165, 1.54) is 49.9 Å². The molecule has 3 aliphatic heterocycles. The Kier molecular flexibility index (Phi) is 6.76. The first kappa shape index (κ1) is 20.7. The summed E-state index contributed by atoms with van der Waals surface area (Å²) in [7, 11) is 0. The smallest absolute Gasteiger partial charge is 0.194 e. The number of hydrogen-bond acceptors (Lipinski definition) is 3. The Morgan fingerprint density at radius 3 is 2.86 bits per heavy atom. The predicted octanol–water partition coefficient (Wildman–Crippen LogP) is 3.50. The Hall–Kier alpha value is -1.59. The van der Waals surface area contributed by atoms with Gasteiger partial charge in [0.25, 0.3) is 0 Å². The average molecular weight is 399 g/mol. The maximum atomic E-state index is 5.70. The lowest BCUT2D eigenvalue weighted by Gasteiger charge is -2.31. The first-order valence-electron chi connectivity index (χ1n) is 11.6. The molecule has 2 unspecified atom stereocenters. The summed E-state index contributed by atoms with van der Waals surface area (Å²) in [5.74, 6) is 1.88. The molecule has 4 rings (SSSR count). The summed E-state index contributed by atoms with van der Waals surface area (Å²) in [5.41, 5.74) is 3.15. The van der Waals surface area contributed by atoms with Gasteiger partial charge in [0.1, 0.15) is 0 Å². The van der Waals surface area contributed by atoms with Gasteiger partial charge in [-0.3, -0.25) is 4.90 Å². The average Bonchev–Trinajstić information content (AvgIpc) is 3.36. The van der Waals surface area contributed by atoms with Crippen molar-refractivity contribution in [3.05, 3.63) is 35.4 Å². The van der Waals surface area contributed by atoms with Crippen LogP contribution >= 0.6 is 0 Å². The number of rotatable bonds is 5. The number of aliphatic imine (C=N–C) groups is 1. The van der Waals surface area contributed by atoms with Crippen LogP contribution in [0.4, 0.5) is 0 Å². The largest absolute Gasteiger partial charge is 0.381 e. The fourth-order valence-electron chi connectivity index (χ4n) is 5.21. The van der Waals surface area contributed by atoms with Gasteiger partial charge < -0.3 is 15.0 Å². The fraction of sp³-hybridized carbons (Fsp3) is 0.708. The summed E-state index contributed by atoms with van der Waals surface area (Å²) in [6.07, 6.45) is 5.12. The first-order valence-corrected chi connectivity index (χ1v) is 11.6. The molecule has 5 heteroatoms. The van der Waals surface area contributed by atoms with Gasteiger partial charge in [-0.25, -0.2) is 4.99 Å². The van der Waals surface area contributed by atoms with Crippen molar-refractivity contribution in [2.24, 2.45) is 16.3 Å². The zero-order valence-electron chi connectivity index (χ0n) is 18.3. The minimum absolute atomic E-state index is 0.360. The molecule has 0 amide bonds. The van der Waals surface area contributed by atoms with Gasteiger partial charge in [-0.15, -0.1) is 0 Å². The van der Waals surface area contributed by atoms with Crippen LogP contribution in [-0.4, -0.2) is 61.7 Å². The zero-order chi connectivity index (χ0) is 20.1. The van der Waals surface area contributed by atoms with Crippen LogP contribution in [0.3, 0.4) is 0 Å².